The molecule has 0 aromatic heterocycles. The maximum absolute atomic E-state index is 11.7. The Morgan fingerprint density at radius 2 is 1.90 bits per heavy atom. The van der Waals surface area contributed by atoms with Crippen LogP contribution in [-0.2, 0) is 4.74 Å². The third kappa shape index (κ3) is 7.73. The minimum Gasteiger partial charge on any atom is -0.444 e. The largest absolute Gasteiger partial charge is 0.444 e. The van der Waals surface area contributed by atoms with E-state index in [1.54, 1.807) is 0 Å². The van der Waals surface area contributed by atoms with E-state index in [-0.39, 0.29) is 12.1 Å². The molecule has 118 valence electrons. The third-order valence-corrected chi connectivity index (χ3v) is 3.54. The molecule has 20 heavy (non-hydrogen) atoms. The van der Waals surface area contributed by atoms with Crippen LogP contribution < -0.4 is 10.6 Å². The van der Waals surface area contributed by atoms with Gasteiger partial charge in [0.05, 0.1) is 0 Å². The number of carbonyl (C=O) groups excluding carboxylic acids is 1. The Labute approximate surface area is 124 Å². The van der Waals surface area contributed by atoms with Gasteiger partial charge in [-0.3, -0.25) is 0 Å². The van der Waals surface area contributed by atoms with Gasteiger partial charge in [-0.15, -0.1) is 0 Å². The number of rotatable bonds is 6. The summed E-state index contributed by atoms with van der Waals surface area (Å²) in [6.45, 7) is 11.3. The highest BCUT2D eigenvalue weighted by molar-refractivity contribution is 5.68. The lowest BCUT2D eigenvalue weighted by atomic mass is 10.1. The molecule has 1 fully saturated rings. The third-order valence-electron chi connectivity index (χ3n) is 3.54. The number of amides is 1. The molecular formula is C16H32N2O2. The van der Waals surface area contributed by atoms with Gasteiger partial charge in [0.2, 0.25) is 0 Å². The highest BCUT2D eigenvalue weighted by Gasteiger charge is 2.27. The van der Waals surface area contributed by atoms with Crippen molar-refractivity contribution >= 4 is 6.09 Å². The number of ether oxygens (including phenoxy) is 1. The van der Waals surface area contributed by atoms with E-state index in [9.17, 15) is 4.79 Å². The molecule has 1 aliphatic rings. The maximum Gasteiger partial charge on any atom is 0.407 e. The van der Waals surface area contributed by atoms with E-state index in [0.717, 1.165) is 31.7 Å². The van der Waals surface area contributed by atoms with Gasteiger partial charge in [-0.05, 0) is 65.3 Å². The highest BCUT2D eigenvalue weighted by atomic mass is 16.6. The van der Waals surface area contributed by atoms with Crippen LogP contribution in [0.5, 0.6) is 0 Å². The average Bonchev–Trinajstić information content (AvgIpc) is 2.69. The average molecular weight is 284 g/mol. The molecule has 0 saturated heterocycles. The first kappa shape index (κ1) is 17.3. The normalized spacial score (nSPS) is 23.1. The molecule has 2 unspecified atom stereocenters. The van der Waals surface area contributed by atoms with E-state index in [1.807, 2.05) is 20.8 Å². The van der Waals surface area contributed by atoms with Crippen LogP contribution in [0.3, 0.4) is 0 Å². The molecule has 4 nitrogen and oxygen atoms in total. The van der Waals surface area contributed by atoms with Crippen LogP contribution in [0.2, 0.25) is 0 Å². The smallest absolute Gasteiger partial charge is 0.407 e. The molecule has 0 radical (unpaired) electrons. The second-order valence-electron chi connectivity index (χ2n) is 7.34. The van der Waals surface area contributed by atoms with E-state index in [1.165, 1.54) is 12.8 Å². The molecule has 0 spiro atoms. The Morgan fingerprint density at radius 1 is 1.25 bits per heavy atom. The minimum atomic E-state index is -0.419. The molecule has 0 aromatic carbocycles. The predicted octanol–water partition coefficient (Wildman–Crippen LogP) is 3.46. The fraction of sp³-hybridized carbons (Fsp3) is 0.938. The Balaban J connectivity index is 2.15. The predicted molar refractivity (Wildman–Crippen MR) is 82.9 cm³/mol. The van der Waals surface area contributed by atoms with Gasteiger partial charge in [0.1, 0.15) is 5.60 Å². The molecule has 1 saturated carbocycles. The van der Waals surface area contributed by atoms with Gasteiger partial charge < -0.3 is 15.4 Å². The van der Waals surface area contributed by atoms with Crippen LogP contribution >= 0.6 is 0 Å². The number of alkyl carbamates (subject to hydrolysis) is 1. The van der Waals surface area contributed by atoms with Gasteiger partial charge in [-0.2, -0.15) is 0 Å². The lowest BCUT2D eigenvalue weighted by molar-refractivity contribution is 0.0505. The van der Waals surface area contributed by atoms with Crippen LogP contribution in [0.25, 0.3) is 0 Å². The summed E-state index contributed by atoms with van der Waals surface area (Å²) >= 11 is 0. The molecule has 0 aromatic rings. The van der Waals surface area contributed by atoms with Gasteiger partial charge in [0.15, 0.2) is 0 Å². The lowest BCUT2D eigenvalue weighted by Crippen LogP contribution is -2.39. The first-order chi connectivity index (χ1) is 9.26. The zero-order valence-electron chi connectivity index (χ0n) is 13.8. The van der Waals surface area contributed by atoms with E-state index in [0.29, 0.717) is 6.04 Å². The van der Waals surface area contributed by atoms with Gasteiger partial charge in [0.25, 0.3) is 0 Å². The fourth-order valence-electron chi connectivity index (χ4n) is 2.59. The van der Waals surface area contributed by atoms with Crippen molar-refractivity contribution in [3.63, 3.8) is 0 Å². The topological polar surface area (TPSA) is 50.4 Å². The Morgan fingerprint density at radius 3 is 2.50 bits per heavy atom. The molecule has 0 bridgehead atoms. The highest BCUT2D eigenvalue weighted by Crippen LogP contribution is 2.20. The first-order valence-corrected chi connectivity index (χ1v) is 7.99. The van der Waals surface area contributed by atoms with Crippen molar-refractivity contribution in [1.29, 1.82) is 0 Å². The number of carbonyl (C=O) groups is 1. The summed E-state index contributed by atoms with van der Waals surface area (Å²) < 4.78 is 5.29. The summed E-state index contributed by atoms with van der Waals surface area (Å²) in [6, 6.07) is 0.801. The van der Waals surface area contributed by atoms with Crippen molar-refractivity contribution in [3.05, 3.63) is 0 Å². The Hall–Kier alpha value is -0.770. The van der Waals surface area contributed by atoms with Crippen molar-refractivity contribution in [2.24, 2.45) is 5.92 Å². The van der Waals surface area contributed by atoms with E-state index >= 15 is 0 Å². The quantitative estimate of drug-likeness (QED) is 0.734. The van der Waals surface area contributed by atoms with Gasteiger partial charge >= 0.3 is 6.09 Å². The molecule has 1 rings (SSSR count). The summed E-state index contributed by atoms with van der Waals surface area (Å²) in [5.74, 6) is 0.780. The zero-order chi connectivity index (χ0) is 15.2. The van der Waals surface area contributed by atoms with E-state index in [4.69, 9.17) is 4.74 Å². The van der Waals surface area contributed by atoms with Crippen LogP contribution in [-0.4, -0.2) is 30.3 Å². The number of hydrogen-bond acceptors (Lipinski definition) is 3. The van der Waals surface area contributed by atoms with Crippen molar-refractivity contribution in [2.45, 2.75) is 84.4 Å². The Bertz CT molecular complexity index is 297. The summed E-state index contributed by atoms with van der Waals surface area (Å²) in [5, 5.41) is 6.57. The monoisotopic (exact) mass is 284 g/mol. The van der Waals surface area contributed by atoms with E-state index in [2.05, 4.69) is 24.5 Å². The second-order valence-corrected chi connectivity index (χ2v) is 7.34. The lowest BCUT2D eigenvalue weighted by Gasteiger charge is -2.22. The molecule has 2 N–H and O–H groups in total. The molecule has 1 aliphatic carbocycles. The molecule has 0 heterocycles. The maximum atomic E-state index is 11.7. The van der Waals surface area contributed by atoms with E-state index < -0.39 is 5.60 Å². The summed E-state index contributed by atoms with van der Waals surface area (Å²) in [6.07, 6.45) is 5.42. The van der Waals surface area contributed by atoms with Gasteiger partial charge in [-0.25, -0.2) is 4.79 Å². The summed E-state index contributed by atoms with van der Waals surface area (Å²) in [5.41, 5.74) is -0.419. The molecule has 2 atom stereocenters. The van der Waals surface area contributed by atoms with Crippen molar-refractivity contribution in [2.75, 3.05) is 6.54 Å². The second kappa shape index (κ2) is 7.87. The van der Waals surface area contributed by atoms with Crippen LogP contribution in [0, 0.1) is 5.92 Å². The fourth-order valence-corrected chi connectivity index (χ4v) is 2.59. The van der Waals surface area contributed by atoms with Gasteiger partial charge in [-0.1, -0.05) is 13.8 Å². The van der Waals surface area contributed by atoms with Crippen LogP contribution in [0.1, 0.15) is 66.7 Å². The van der Waals surface area contributed by atoms with Crippen LogP contribution in [0.15, 0.2) is 0 Å². The van der Waals surface area contributed by atoms with Crippen molar-refractivity contribution in [3.8, 4) is 0 Å². The number of hydrogen-bond donors (Lipinski definition) is 2. The SMILES string of the molecule is CC(C)CCCNC1CCC(NC(=O)OC(C)(C)C)C1. The molecule has 0 aliphatic heterocycles. The van der Waals surface area contributed by atoms with Crippen LogP contribution in [0.4, 0.5) is 4.79 Å². The zero-order valence-corrected chi connectivity index (χ0v) is 13.8. The van der Waals surface area contributed by atoms with Crippen molar-refractivity contribution < 1.29 is 9.53 Å². The number of nitrogens with one attached hydrogen (secondary N) is 2. The molecule has 1 amide bonds. The standard InChI is InChI=1S/C16H32N2O2/c1-12(2)7-6-10-17-13-8-9-14(11-13)18-15(19)20-16(3,4)5/h12-14,17H,6-11H2,1-5H3,(H,18,19). The summed E-state index contributed by atoms with van der Waals surface area (Å²) in [7, 11) is 0. The minimum absolute atomic E-state index is 0.257. The molecular weight excluding hydrogens is 252 g/mol. The first-order valence-electron chi connectivity index (χ1n) is 7.99. The molecule has 4 heteroatoms. The van der Waals surface area contributed by atoms with Crippen molar-refractivity contribution in [1.82, 2.24) is 10.6 Å². The Kier molecular flexibility index (Phi) is 6.80. The van der Waals surface area contributed by atoms with Gasteiger partial charge in [0, 0.05) is 12.1 Å². The summed E-state index contributed by atoms with van der Waals surface area (Å²) in [4.78, 5) is 11.7.